The molecule has 2 N–H and O–H groups in total. The number of benzene rings is 1. The second kappa shape index (κ2) is 9.67. The molecule has 26 heavy (non-hydrogen) atoms. The molecule has 0 aliphatic rings. The van der Waals surface area contributed by atoms with Crippen molar-refractivity contribution in [3.63, 3.8) is 0 Å². The summed E-state index contributed by atoms with van der Waals surface area (Å²) < 4.78 is 5.55. The van der Waals surface area contributed by atoms with E-state index >= 15 is 0 Å². The average molecular weight is 483 g/mol. The first-order valence-electron chi connectivity index (χ1n) is 8.02. The first-order valence-corrected chi connectivity index (χ1v) is 8.84. The maximum atomic E-state index is 5.55. The smallest absolute Gasteiger partial charge is 0.191 e. The van der Waals surface area contributed by atoms with Crippen LogP contribution in [0.4, 0.5) is 0 Å². The number of aromatic nitrogens is 2. The number of halogens is 1. The molecule has 0 atom stereocenters. The number of nitrogens with zero attached hydrogens (tertiary/aromatic N) is 3. The summed E-state index contributed by atoms with van der Waals surface area (Å²) in [6, 6.07) is 9.95. The number of thiazole rings is 1. The molecule has 0 aliphatic heterocycles. The van der Waals surface area contributed by atoms with Gasteiger partial charge in [0.15, 0.2) is 18.1 Å². The van der Waals surface area contributed by atoms with Gasteiger partial charge in [-0.3, -0.25) is 4.99 Å². The van der Waals surface area contributed by atoms with Crippen molar-refractivity contribution in [2.24, 2.45) is 4.99 Å². The van der Waals surface area contributed by atoms with Crippen LogP contribution in [0.25, 0.3) is 11.3 Å². The molecule has 8 heteroatoms. The van der Waals surface area contributed by atoms with Crippen LogP contribution < -0.4 is 10.6 Å². The molecular formula is C18H22IN5OS. The Morgan fingerprint density at radius 2 is 1.88 bits per heavy atom. The van der Waals surface area contributed by atoms with Crippen molar-refractivity contribution < 1.29 is 4.42 Å². The predicted molar refractivity (Wildman–Crippen MR) is 116 cm³/mol. The number of hydrogen-bond acceptors (Lipinski definition) is 5. The Morgan fingerprint density at radius 3 is 2.54 bits per heavy atom. The lowest BCUT2D eigenvalue weighted by molar-refractivity contribution is 0.570. The lowest BCUT2D eigenvalue weighted by Crippen LogP contribution is -2.36. The monoisotopic (exact) mass is 483 g/mol. The third-order valence-corrected chi connectivity index (χ3v) is 4.81. The van der Waals surface area contributed by atoms with E-state index in [1.807, 2.05) is 44.2 Å². The lowest BCUT2D eigenvalue weighted by Gasteiger charge is -2.11. The van der Waals surface area contributed by atoms with Crippen molar-refractivity contribution in [2.45, 2.75) is 26.9 Å². The van der Waals surface area contributed by atoms with E-state index in [4.69, 9.17) is 4.42 Å². The van der Waals surface area contributed by atoms with Crippen LogP contribution in [0.5, 0.6) is 0 Å². The first-order chi connectivity index (χ1) is 12.2. The zero-order valence-corrected chi connectivity index (χ0v) is 18.1. The van der Waals surface area contributed by atoms with Gasteiger partial charge in [0.2, 0.25) is 0 Å². The fourth-order valence-electron chi connectivity index (χ4n) is 2.51. The fourth-order valence-corrected chi connectivity index (χ4v) is 3.39. The Morgan fingerprint density at radius 1 is 1.15 bits per heavy atom. The van der Waals surface area contributed by atoms with Gasteiger partial charge in [0, 0.05) is 17.5 Å². The molecule has 3 rings (SSSR count). The normalized spacial score (nSPS) is 11.1. The Kier molecular flexibility index (Phi) is 7.58. The van der Waals surface area contributed by atoms with Crippen LogP contribution in [0.2, 0.25) is 0 Å². The van der Waals surface area contributed by atoms with Gasteiger partial charge in [0.25, 0.3) is 0 Å². The van der Waals surface area contributed by atoms with Crippen LogP contribution in [0, 0.1) is 13.8 Å². The van der Waals surface area contributed by atoms with Crippen LogP contribution in [0.3, 0.4) is 0 Å². The molecule has 1 aromatic carbocycles. The second-order valence-electron chi connectivity index (χ2n) is 5.51. The molecule has 0 saturated heterocycles. The summed E-state index contributed by atoms with van der Waals surface area (Å²) >= 11 is 1.70. The topological polar surface area (TPSA) is 75.3 Å². The van der Waals surface area contributed by atoms with E-state index < -0.39 is 0 Å². The van der Waals surface area contributed by atoms with Crippen molar-refractivity contribution >= 4 is 41.3 Å². The standard InChI is InChI=1S/C18H21N5OS.HI/c1-12-16(25-13(2)23-12)10-21-18(19-3)20-9-15-17(24-11-22-15)14-7-5-4-6-8-14;/h4-8,11H,9-10H2,1-3H3,(H2,19,20,21);1H. The van der Waals surface area contributed by atoms with E-state index in [0.717, 1.165) is 27.7 Å². The van der Waals surface area contributed by atoms with Gasteiger partial charge < -0.3 is 15.1 Å². The molecule has 0 spiro atoms. The SMILES string of the molecule is CN=C(NCc1ncoc1-c1ccccc1)NCc1sc(C)nc1C.I. The number of hydrogen-bond donors (Lipinski definition) is 2. The van der Waals surface area contributed by atoms with E-state index in [9.17, 15) is 0 Å². The molecule has 0 radical (unpaired) electrons. The first kappa shape index (κ1) is 20.4. The van der Waals surface area contributed by atoms with Gasteiger partial charge in [-0.2, -0.15) is 0 Å². The quantitative estimate of drug-likeness (QED) is 0.327. The number of aryl methyl sites for hydroxylation is 2. The molecular weight excluding hydrogens is 461 g/mol. The maximum Gasteiger partial charge on any atom is 0.191 e. The molecule has 2 heterocycles. The number of guanidine groups is 1. The van der Waals surface area contributed by atoms with Crippen LogP contribution in [0.15, 0.2) is 46.1 Å². The summed E-state index contributed by atoms with van der Waals surface area (Å²) in [6.45, 7) is 5.27. The van der Waals surface area contributed by atoms with Gasteiger partial charge in [-0.1, -0.05) is 30.3 Å². The highest BCUT2D eigenvalue weighted by atomic mass is 127. The summed E-state index contributed by atoms with van der Waals surface area (Å²) in [4.78, 5) is 14.2. The van der Waals surface area contributed by atoms with Crippen molar-refractivity contribution in [1.82, 2.24) is 20.6 Å². The Hall–Kier alpha value is -1.94. The molecule has 2 aromatic heterocycles. The fraction of sp³-hybridized carbons (Fsp3) is 0.278. The minimum atomic E-state index is 0. The molecule has 6 nitrogen and oxygen atoms in total. The second-order valence-corrected chi connectivity index (χ2v) is 6.80. The zero-order valence-electron chi connectivity index (χ0n) is 14.9. The lowest BCUT2D eigenvalue weighted by atomic mass is 10.1. The molecule has 138 valence electrons. The van der Waals surface area contributed by atoms with Gasteiger partial charge in [-0.25, -0.2) is 9.97 Å². The number of aliphatic imine (C=N–C) groups is 1. The molecule has 3 aromatic rings. The summed E-state index contributed by atoms with van der Waals surface area (Å²) in [5.41, 5.74) is 2.92. The third kappa shape index (κ3) is 5.04. The van der Waals surface area contributed by atoms with Crippen molar-refractivity contribution in [3.05, 3.63) is 58.0 Å². The minimum Gasteiger partial charge on any atom is -0.443 e. The predicted octanol–water partition coefficient (Wildman–Crippen LogP) is 3.90. The van der Waals surface area contributed by atoms with Crippen molar-refractivity contribution in [3.8, 4) is 11.3 Å². The zero-order chi connectivity index (χ0) is 17.6. The minimum absolute atomic E-state index is 0. The van der Waals surface area contributed by atoms with E-state index in [1.54, 1.807) is 18.4 Å². The maximum absolute atomic E-state index is 5.55. The highest BCUT2D eigenvalue weighted by molar-refractivity contribution is 14.0. The van der Waals surface area contributed by atoms with E-state index in [2.05, 4.69) is 25.6 Å². The van der Waals surface area contributed by atoms with E-state index in [0.29, 0.717) is 19.0 Å². The van der Waals surface area contributed by atoms with Crippen LogP contribution >= 0.6 is 35.3 Å². The Balaban J connectivity index is 0.00000243. The van der Waals surface area contributed by atoms with Gasteiger partial charge in [-0.05, 0) is 13.8 Å². The Bertz CT molecular complexity index is 860. The van der Waals surface area contributed by atoms with Crippen LogP contribution in [-0.4, -0.2) is 23.0 Å². The summed E-state index contributed by atoms with van der Waals surface area (Å²) in [7, 11) is 1.75. The number of rotatable bonds is 5. The van der Waals surface area contributed by atoms with Crippen LogP contribution in [-0.2, 0) is 13.1 Å². The largest absolute Gasteiger partial charge is 0.443 e. The van der Waals surface area contributed by atoms with Gasteiger partial charge >= 0.3 is 0 Å². The van der Waals surface area contributed by atoms with Crippen molar-refractivity contribution in [2.75, 3.05) is 7.05 Å². The molecule has 0 saturated carbocycles. The average Bonchev–Trinajstić information content (AvgIpc) is 3.22. The van der Waals surface area contributed by atoms with Gasteiger partial charge in [0.05, 0.1) is 23.8 Å². The molecule has 0 unspecified atom stereocenters. The molecule has 0 bridgehead atoms. The van der Waals surface area contributed by atoms with E-state index in [-0.39, 0.29) is 24.0 Å². The summed E-state index contributed by atoms with van der Waals surface area (Å²) in [6.07, 6.45) is 1.47. The third-order valence-electron chi connectivity index (χ3n) is 3.74. The molecule has 0 aliphatic carbocycles. The van der Waals surface area contributed by atoms with Crippen molar-refractivity contribution in [1.29, 1.82) is 0 Å². The molecule has 0 fully saturated rings. The van der Waals surface area contributed by atoms with E-state index in [1.165, 1.54) is 11.3 Å². The number of oxazole rings is 1. The summed E-state index contributed by atoms with van der Waals surface area (Å²) in [5, 5.41) is 7.67. The van der Waals surface area contributed by atoms with Gasteiger partial charge in [-0.15, -0.1) is 35.3 Å². The summed E-state index contributed by atoms with van der Waals surface area (Å²) in [5.74, 6) is 1.49. The van der Waals surface area contributed by atoms with Gasteiger partial charge in [0.1, 0.15) is 5.69 Å². The highest BCUT2D eigenvalue weighted by Crippen LogP contribution is 2.22. The molecule has 0 amide bonds. The number of nitrogens with one attached hydrogen (secondary N) is 2. The Labute approximate surface area is 174 Å². The van der Waals surface area contributed by atoms with Crippen LogP contribution in [0.1, 0.15) is 21.3 Å². The highest BCUT2D eigenvalue weighted by Gasteiger charge is 2.11.